The molecule has 3 N–H and O–H groups in total. The van der Waals surface area contributed by atoms with Crippen LogP contribution in [0.15, 0.2) is 0 Å². The lowest BCUT2D eigenvalue weighted by atomic mass is 10.0. The largest absolute Gasteiger partial charge is 0.481 e. The molecule has 0 aliphatic rings. The number of rotatable bonds is 8. The maximum atomic E-state index is 12.7. The van der Waals surface area contributed by atoms with Gasteiger partial charge in [0.15, 0.2) is 0 Å². The third-order valence-corrected chi connectivity index (χ3v) is 3.10. The van der Waals surface area contributed by atoms with E-state index in [-0.39, 0.29) is 12.3 Å². The first-order valence-electron chi connectivity index (χ1n) is 9.24. The fourth-order valence-corrected chi connectivity index (χ4v) is 2.17. The van der Waals surface area contributed by atoms with E-state index in [1.54, 1.807) is 41.5 Å². The second kappa shape index (κ2) is 10.3. The van der Waals surface area contributed by atoms with Crippen molar-refractivity contribution in [1.82, 2.24) is 10.6 Å². The molecule has 9 heteroatoms. The van der Waals surface area contributed by atoms with Gasteiger partial charge < -0.3 is 25.2 Å². The Morgan fingerprint density at radius 3 is 1.75 bits per heavy atom. The van der Waals surface area contributed by atoms with E-state index in [4.69, 9.17) is 14.6 Å². The fraction of sp³-hybridized carbons (Fsp3) is 0.789. The molecule has 9 nitrogen and oxygen atoms in total. The predicted molar refractivity (Wildman–Crippen MR) is 103 cm³/mol. The van der Waals surface area contributed by atoms with Crippen LogP contribution in [0.1, 0.15) is 68.2 Å². The van der Waals surface area contributed by atoms with E-state index in [9.17, 15) is 19.2 Å². The first-order chi connectivity index (χ1) is 12.5. The van der Waals surface area contributed by atoms with Gasteiger partial charge in [-0.3, -0.25) is 9.59 Å². The van der Waals surface area contributed by atoms with Crippen LogP contribution in [-0.2, 0) is 23.9 Å². The zero-order valence-electron chi connectivity index (χ0n) is 18.0. The smallest absolute Gasteiger partial charge is 0.408 e. The summed E-state index contributed by atoms with van der Waals surface area (Å²) in [6.07, 6.45) is -1.14. The van der Waals surface area contributed by atoms with Crippen molar-refractivity contribution in [3.63, 3.8) is 0 Å². The monoisotopic (exact) mass is 402 g/mol. The number of aliphatic carboxylic acids is 1. The topological polar surface area (TPSA) is 131 Å². The number of hydrogen-bond acceptors (Lipinski definition) is 6. The molecule has 0 saturated carbocycles. The lowest BCUT2D eigenvalue weighted by Crippen LogP contribution is -2.54. The third kappa shape index (κ3) is 12.1. The van der Waals surface area contributed by atoms with Crippen molar-refractivity contribution in [1.29, 1.82) is 0 Å². The van der Waals surface area contributed by atoms with Gasteiger partial charge >= 0.3 is 18.0 Å². The maximum absolute atomic E-state index is 12.7. The number of nitrogens with one attached hydrogen (secondary N) is 2. The van der Waals surface area contributed by atoms with Gasteiger partial charge in [0.1, 0.15) is 23.3 Å². The van der Waals surface area contributed by atoms with Crippen molar-refractivity contribution in [3.8, 4) is 0 Å². The van der Waals surface area contributed by atoms with Gasteiger partial charge in [0.2, 0.25) is 5.91 Å². The third-order valence-electron chi connectivity index (χ3n) is 3.10. The van der Waals surface area contributed by atoms with Crippen LogP contribution in [-0.4, -0.2) is 52.3 Å². The molecule has 0 bridgehead atoms. The molecule has 0 radical (unpaired) electrons. The highest BCUT2D eigenvalue weighted by molar-refractivity contribution is 5.91. The van der Waals surface area contributed by atoms with Crippen LogP contribution < -0.4 is 10.6 Å². The summed E-state index contributed by atoms with van der Waals surface area (Å²) in [7, 11) is 0. The van der Waals surface area contributed by atoms with E-state index in [1.807, 2.05) is 13.8 Å². The number of amides is 2. The molecular formula is C19H34N2O7. The minimum Gasteiger partial charge on any atom is -0.481 e. The van der Waals surface area contributed by atoms with Gasteiger partial charge in [-0.1, -0.05) is 13.8 Å². The number of carbonyl (C=O) groups is 4. The van der Waals surface area contributed by atoms with Crippen molar-refractivity contribution in [2.45, 2.75) is 91.5 Å². The summed E-state index contributed by atoms with van der Waals surface area (Å²) >= 11 is 0. The highest BCUT2D eigenvalue weighted by Crippen LogP contribution is 2.12. The van der Waals surface area contributed by atoms with Crippen molar-refractivity contribution in [3.05, 3.63) is 0 Å². The van der Waals surface area contributed by atoms with Crippen LogP contribution in [0.4, 0.5) is 4.79 Å². The molecule has 0 aliphatic heterocycles. The molecule has 28 heavy (non-hydrogen) atoms. The minimum atomic E-state index is -1.38. The van der Waals surface area contributed by atoms with Crippen LogP contribution in [0.2, 0.25) is 0 Å². The van der Waals surface area contributed by atoms with Crippen LogP contribution in [0.3, 0.4) is 0 Å². The summed E-state index contributed by atoms with van der Waals surface area (Å²) in [5.74, 6) is -2.76. The lowest BCUT2D eigenvalue weighted by molar-refractivity contribution is -0.161. The first-order valence-corrected chi connectivity index (χ1v) is 9.24. The molecule has 0 aliphatic carbocycles. The molecule has 0 unspecified atom stereocenters. The number of carboxylic acids is 1. The number of carbonyl (C=O) groups excluding carboxylic acids is 3. The van der Waals surface area contributed by atoms with Crippen LogP contribution >= 0.6 is 0 Å². The number of alkyl carbamates (subject to hydrolysis) is 1. The summed E-state index contributed by atoms with van der Waals surface area (Å²) in [5.41, 5.74) is -1.59. The maximum Gasteiger partial charge on any atom is 0.408 e. The molecule has 0 aromatic heterocycles. The van der Waals surface area contributed by atoms with Gasteiger partial charge in [0.25, 0.3) is 0 Å². The summed E-state index contributed by atoms with van der Waals surface area (Å²) < 4.78 is 10.3. The SMILES string of the molecule is CC(C)C[C@H](NC(=O)OC(C)(C)C)C(=O)N[C@@H](CC(=O)O)C(=O)OC(C)(C)C. The van der Waals surface area contributed by atoms with Gasteiger partial charge in [-0.15, -0.1) is 0 Å². The lowest BCUT2D eigenvalue weighted by Gasteiger charge is -2.27. The van der Waals surface area contributed by atoms with Crippen LogP contribution in [0.5, 0.6) is 0 Å². The van der Waals surface area contributed by atoms with Gasteiger partial charge in [-0.25, -0.2) is 9.59 Å². The summed E-state index contributed by atoms with van der Waals surface area (Å²) in [5, 5.41) is 13.9. The predicted octanol–water partition coefficient (Wildman–Crippen LogP) is 2.23. The Morgan fingerprint density at radius 1 is 0.857 bits per heavy atom. The Bertz CT molecular complexity index is 574. The molecule has 162 valence electrons. The van der Waals surface area contributed by atoms with Crippen molar-refractivity contribution < 1.29 is 33.8 Å². The Labute approximate surface area is 166 Å². The molecular weight excluding hydrogens is 368 g/mol. The van der Waals surface area contributed by atoms with Gasteiger partial charge in [0.05, 0.1) is 6.42 Å². The Morgan fingerprint density at radius 2 is 1.36 bits per heavy atom. The standard InChI is InChI=1S/C19H34N2O7/c1-11(2)9-12(21-17(26)28-19(6,7)8)15(24)20-13(10-14(22)23)16(25)27-18(3,4)5/h11-13H,9-10H2,1-8H3,(H,20,24)(H,21,26)(H,22,23)/t12-,13-/m0/s1. The second-order valence-electron chi connectivity index (χ2n) is 9.02. The van der Waals surface area contributed by atoms with Crippen LogP contribution in [0, 0.1) is 5.92 Å². The van der Waals surface area contributed by atoms with E-state index in [0.717, 1.165) is 0 Å². The quantitative estimate of drug-likeness (QED) is 0.531. The summed E-state index contributed by atoms with van der Waals surface area (Å²) in [6.45, 7) is 13.7. The van der Waals surface area contributed by atoms with Crippen LogP contribution in [0.25, 0.3) is 0 Å². The molecule has 0 spiro atoms. The van der Waals surface area contributed by atoms with E-state index in [1.165, 1.54) is 0 Å². The number of ether oxygens (including phenoxy) is 2. The van der Waals surface area contributed by atoms with Gasteiger partial charge in [0, 0.05) is 0 Å². The molecule has 2 amide bonds. The number of hydrogen-bond donors (Lipinski definition) is 3. The average Bonchev–Trinajstić information content (AvgIpc) is 2.40. The van der Waals surface area contributed by atoms with E-state index in [2.05, 4.69) is 10.6 Å². The van der Waals surface area contributed by atoms with Gasteiger partial charge in [-0.2, -0.15) is 0 Å². The molecule has 0 heterocycles. The van der Waals surface area contributed by atoms with E-state index >= 15 is 0 Å². The van der Waals surface area contributed by atoms with E-state index in [0.29, 0.717) is 0 Å². The Kier molecular flexibility index (Phi) is 9.43. The molecule has 0 aromatic carbocycles. The second-order valence-corrected chi connectivity index (χ2v) is 9.02. The molecule has 0 rings (SSSR count). The first kappa shape index (κ1) is 25.7. The minimum absolute atomic E-state index is 0.0464. The number of esters is 1. The highest BCUT2D eigenvalue weighted by atomic mass is 16.6. The van der Waals surface area contributed by atoms with Crippen molar-refractivity contribution in [2.75, 3.05) is 0 Å². The average molecular weight is 402 g/mol. The Balaban J connectivity index is 5.31. The molecule has 0 saturated heterocycles. The highest BCUT2D eigenvalue weighted by Gasteiger charge is 2.32. The Hall–Kier alpha value is -2.32. The van der Waals surface area contributed by atoms with E-state index < -0.39 is 53.6 Å². The van der Waals surface area contributed by atoms with Gasteiger partial charge in [-0.05, 0) is 53.9 Å². The summed E-state index contributed by atoms with van der Waals surface area (Å²) in [6, 6.07) is -2.37. The molecule has 0 fully saturated rings. The molecule has 0 aromatic rings. The normalized spacial score (nSPS) is 14.0. The van der Waals surface area contributed by atoms with Crippen molar-refractivity contribution >= 4 is 23.9 Å². The fourth-order valence-electron chi connectivity index (χ4n) is 2.17. The van der Waals surface area contributed by atoms with Crippen molar-refractivity contribution in [2.24, 2.45) is 5.92 Å². The zero-order chi connectivity index (χ0) is 22.3. The summed E-state index contributed by atoms with van der Waals surface area (Å²) in [4.78, 5) is 48.1. The number of carboxylic acid groups (broad SMARTS) is 1. The molecule has 2 atom stereocenters. The zero-order valence-corrected chi connectivity index (χ0v) is 18.0.